The van der Waals surface area contributed by atoms with Gasteiger partial charge in [-0.1, -0.05) is 42.8 Å². The van der Waals surface area contributed by atoms with Crippen LogP contribution < -0.4 is 19.1 Å². The molecular formula is C28H32ClN3O6S. The third kappa shape index (κ3) is 7.01. The van der Waals surface area contributed by atoms with Gasteiger partial charge in [0.2, 0.25) is 11.8 Å². The molecule has 0 aliphatic carbocycles. The quantitative estimate of drug-likeness (QED) is 0.350. The first kappa shape index (κ1) is 29.8. The molecule has 3 rings (SSSR count). The van der Waals surface area contributed by atoms with Crippen LogP contribution in [0, 0.1) is 0 Å². The Morgan fingerprint density at radius 2 is 1.59 bits per heavy atom. The molecule has 1 atom stereocenters. The minimum absolute atomic E-state index is 0.0374. The summed E-state index contributed by atoms with van der Waals surface area (Å²) in [5.74, 6) is -0.172. The van der Waals surface area contributed by atoms with E-state index in [2.05, 4.69) is 5.32 Å². The molecule has 0 aromatic heterocycles. The predicted molar refractivity (Wildman–Crippen MR) is 151 cm³/mol. The third-order valence-electron chi connectivity index (χ3n) is 6.18. The molecule has 0 bridgehead atoms. The second-order valence-electron chi connectivity index (χ2n) is 8.55. The monoisotopic (exact) mass is 573 g/mol. The molecule has 1 N–H and O–H groups in total. The van der Waals surface area contributed by atoms with Crippen molar-refractivity contribution in [3.05, 3.63) is 83.4 Å². The Labute approximate surface area is 234 Å². The number of para-hydroxylation sites is 2. The highest BCUT2D eigenvalue weighted by Gasteiger charge is 2.34. The minimum atomic E-state index is -4.24. The fraction of sp³-hybridized carbons (Fsp3) is 0.286. The number of ether oxygens (including phenoxy) is 2. The minimum Gasteiger partial charge on any atom is -0.497 e. The smallest absolute Gasteiger partial charge is 0.264 e. The van der Waals surface area contributed by atoms with E-state index in [0.29, 0.717) is 17.2 Å². The molecule has 1 unspecified atom stereocenters. The first-order valence-electron chi connectivity index (χ1n) is 12.2. The van der Waals surface area contributed by atoms with Gasteiger partial charge in [-0.25, -0.2) is 8.42 Å². The number of benzene rings is 3. The van der Waals surface area contributed by atoms with E-state index in [4.69, 9.17) is 21.1 Å². The Kier molecular flexibility index (Phi) is 10.2. The maximum Gasteiger partial charge on any atom is 0.264 e. The molecule has 0 fully saturated rings. The number of rotatable bonds is 12. The Morgan fingerprint density at radius 1 is 0.949 bits per heavy atom. The van der Waals surface area contributed by atoms with Gasteiger partial charge in [-0.3, -0.25) is 13.9 Å². The largest absolute Gasteiger partial charge is 0.497 e. The number of halogens is 1. The van der Waals surface area contributed by atoms with Crippen LogP contribution in [0.5, 0.6) is 11.5 Å². The number of carbonyl (C=O) groups excluding carboxylic acids is 2. The van der Waals surface area contributed by atoms with E-state index in [1.165, 1.54) is 50.4 Å². The molecule has 208 valence electrons. The highest BCUT2D eigenvalue weighted by Crippen LogP contribution is 2.33. The summed E-state index contributed by atoms with van der Waals surface area (Å²) in [5.41, 5.74) is 0.917. The number of anilines is 1. The molecule has 0 radical (unpaired) electrons. The van der Waals surface area contributed by atoms with E-state index in [1.54, 1.807) is 55.5 Å². The van der Waals surface area contributed by atoms with E-state index in [9.17, 15) is 18.0 Å². The van der Waals surface area contributed by atoms with Crippen molar-refractivity contribution in [2.24, 2.45) is 0 Å². The van der Waals surface area contributed by atoms with Crippen LogP contribution in [0.2, 0.25) is 5.02 Å². The zero-order chi connectivity index (χ0) is 28.6. The fourth-order valence-electron chi connectivity index (χ4n) is 4.10. The predicted octanol–water partition coefficient (Wildman–Crippen LogP) is 4.11. The van der Waals surface area contributed by atoms with E-state index in [1.807, 2.05) is 0 Å². The van der Waals surface area contributed by atoms with Crippen molar-refractivity contribution >= 4 is 39.1 Å². The lowest BCUT2D eigenvalue weighted by molar-refractivity contribution is -0.140. The number of likely N-dealkylation sites (N-methyl/N-ethyl adjacent to an activating group) is 1. The van der Waals surface area contributed by atoms with Crippen molar-refractivity contribution in [2.45, 2.75) is 30.8 Å². The average Bonchev–Trinajstić information content (AvgIpc) is 2.96. The van der Waals surface area contributed by atoms with E-state index >= 15 is 0 Å². The van der Waals surface area contributed by atoms with Gasteiger partial charge in [0, 0.05) is 18.6 Å². The zero-order valence-corrected chi connectivity index (χ0v) is 23.8. The maximum absolute atomic E-state index is 13.9. The number of nitrogens with zero attached hydrogens (tertiary/aromatic N) is 2. The SMILES string of the molecule is CCC(C(=O)NC)N(Cc1ccc(Cl)cc1)C(=O)CN(c1ccccc1OC)S(=O)(=O)c1ccc(OC)cc1. The second-order valence-corrected chi connectivity index (χ2v) is 10.8. The Hall–Kier alpha value is -3.76. The number of carbonyl (C=O) groups is 2. The van der Waals surface area contributed by atoms with Crippen LogP contribution in [0.1, 0.15) is 18.9 Å². The van der Waals surface area contributed by atoms with Gasteiger partial charge in [-0.15, -0.1) is 0 Å². The molecule has 0 saturated heterocycles. The molecular weight excluding hydrogens is 542 g/mol. The van der Waals surface area contributed by atoms with Gasteiger partial charge >= 0.3 is 0 Å². The molecule has 3 aromatic rings. The van der Waals surface area contributed by atoms with Crippen LogP contribution in [0.3, 0.4) is 0 Å². The highest BCUT2D eigenvalue weighted by atomic mass is 35.5. The van der Waals surface area contributed by atoms with Gasteiger partial charge in [0.1, 0.15) is 24.1 Å². The summed E-state index contributed by atoms with van der Waals surface area (Å²) in [5, 5.41) is 3.13. The molecule has 2 amide bonds. The topological polar surface area (TPSA) is 105 Å². The molecule has 0 aliphatic rings. The van der Waals surface area contributed by atoms with Crippen LogP contribution in [0.15, 0.2) is 77.7 Å². The van der Waals surface area contributed by atoms with Crippen LogP contribution in [0.4, 0.5) is 5.69 Å². The van der Waals surface area contributed by atoms with Crippen molar-refractivity contribution < 1.29 is 27.5 Å². The summed E-state index contributed by atoms with van der Waals surface area (Å²) in [6, 6.07) is 18.5. The molecule has 39 heavy (non-hydrogen) atoms. The molecule has 9 nitrogen and oxygen atoms in total. The highest BCUT2D eigenvalue weighted by molar-refractivity contribution is 7.92. The first-order valence-corrected chi connectivity index (χ1v) is 14.0. The van der Waals surface area contributed by atoms with Crippen LogP contribution in [-0.4, -0.2) is 59.0 Å². The maximum atomic E-state index is 13.9. The number of nitrogens with one attached hydrogen (secondary N) is 1. The van der Waals surface area contributed by atoms with Crippen molar-refractivity contribution in [1.82, 2.24) is 10.2 Å². The summed E-state index contributed by atoms with van der Waals surface area (Å²) < 4.78 is 39.5. The van der Waals surface area contributed by atoms with Crippen molar-refractivity contribution in [3.8, 4) is 11.5 Å². The number of amides is 2. The van der Waals surface area contributed by atoms with Gasteiger partial charge in [-0.2, -0.15) is 0 Å². The lowest BCUT2D eigenvalue weighted by Gasteiger charge is -2.33. The van der Waals surface area contributed by atoms with Gasteiger partial charge in [0.15, 0.2) is 0 Å². The standard InChI is InChI=1S/C28H32ClN3O6S/c1-5-24(28(34)30-2)31(18-20-10-12-21(29)13-11-20)27(33)19-32(25-8-6-7-9-26(25)38-4)39(35,36)23-16-14-22(37-3)15-17-23/h6-17,24H,5,18-19H2,1-4H3,(H,30,34). The number of hydrogen-bond acceptors (Lipinski definition) is 6. The molecule has 0 aliphatic heterocycles. The Morgan fingerprint density at radius 3 is 2.15 bits per heavy atom. The van der Waals surface area contributed by atoms with Crippen LogP contribution in [0.25, 0.3) is 0 Å². The lowest BCUT2D eigenvalue weighted by Crippen LogP contribution is -2.51. The van der Waals surface area contributed by atoms with E-state index < -0.39 is 28.5 Å². The molecule has 0 spiro atoms. The number of hydrogen-bond donors (Lipinski definition) is 1. The van der Waals surface area contributed by atoms with Crippen molar-refractivity contribution in [1.29, 1.82) is 0 Å². The van der Waals surface area contributed by atoms with Gasteiger partial charge in [-0.05, 0) is 60.5 Å². The normalized spacial score (nSPS) is 11.8. The summed E-state index contributed by atoms with van der Waals surface area (Å²) in [4.78, 5) is 28.1. The molecule has 0 heterocycles. The van der Waals surface area contributed by atoms with Crippen LogP contribution in [-0.2, 0) is 26.2 Å². The second kappa shape index (κ2) is 13.3. The van der Waals surface area contributed by atoms with Gasteiger partial charge < -0.3 is 19.7 Å². The number of methoxy groups -OCH3 is 2. The zero-order valence-electron chi connectivity index (χ0n) is 22.3. The molecule has 11 heteroatoms. The van der Waals surface area contributed by atoms with Gasteiger partial charge in [0.25, 0.3) is 10.0 Å². The lowest BCUT2D eigenvalue weighted by atomic mass is 10.1. The summed E-state index contributed by atoms with van der Waals surface area (Å²) in [6.45, 7) is 1.29. The van der Waals surface area contributed by atoms with E-state index in [-0.39, 0.29) is 28.8 Å². The first-order chi connectivity index (χ1) is 18.7. The average molecular weight is 574 g/mol. The van der Waals surface area contributed by atoms with Crippen LogP contribution >= 0.6 is 11.6 Å². The van der Waals surface area contributed by atoms with Crippen molar-refractivity contribution in [3.63, 3.8) is 0 Å². The molecule has 3 aromatic carbocycles. The summed E-state index contributed by atoms with van der Waals surface area (Å²) in [7, 11) is 0.149. The van der Waals surface area contributed by atoms with Crippen molar-refractivity contribution in [2.75, 3.05) is 32.1 Å². The Balaban J connectivity index is 2.09. The molecule has 0 saturated carbocycles. The Bertz CT molecular complexity index is 1380. The van der Waals surface area contributed by atoms with Gasteiger partial charge in [0.05, 0.1) is 24.8 Å². The van der Waals surface area contributed by atoms with E-state index in [0.717, 1.165) is 9.87 Å². The summed E-state index contributed by atoms with van der Waals surface area (Å²) >= 11 is 6.03. The summed E-state index contributed by atoms with van der Waals surface area (Å²) in [6.07, 6.45) is 0.318. The third-order valence-corrected chi connectivity index (χ3v) is 8.20. The fourth-order valence-corrected chi connectivity index (χ4v) is 5.65. The number of sulfonamides is 1.